The summed E-state index contributed by atoms with van der Waals surface area (Å²) >= 11 is 0. The molecule has 3 saturated carbocycles. The quantitative estimate of drug-likeness (QED) is 0.401. The largest absolute Gasteiger partial charge is 0.494 e. The van der Waals surface area contributed by atoms with Gasteiger partial charge in [0, 0.05) is 41.3 Å². The van der Waals surface area contributed by atoms with Gasteiger partial charge in [-0.1, -0.05) is 43.3 Å². The molecule has 4 aliphatic carbocycles. The number of Topliss-reactive ketones (excluding diaryl/α,β-unsaturated/α-hetero) is 1. The number of ketones is 2. The van der Waals surface area contributed by atoms with Crippen molar-refractivity contribution in [2.45, 2.75) is 75.5 Å². The van der Waals surface area contributed by atoms with Gasteiger partial charge in [0.15, 0.2) is 34.9 Å². The fourth-order valence-corrected chi connectivity index (χ4v) is 9.64. The van der Waals surface area contributed by atoms with E-state index in [-0.39, 0.29) is 24.8 Å². The summed E-state index contributed by atoms with van der Waals surface area (Å²) in [6.07, 6.45) is -0.927. The molecule has 1 saturated heterocycles. The van der Waals surface area contributed by atoms with Crippen LogP contribution in [0.4, 0.5) is 14.5 Å². The zero-order chi connectivity index (χ0) is 33.5. The van der Waals surface area contributed by atoms with E-state index in [1.165, 1.54) is 19.1 Å². The van der Waals surface area contributed by atoms with Crippen LogP contribution in [-0.4, -0.2) is 72.2 Å². The third kappa shape index (κ3) is 4.26. The van der Waals surface area contributed by atoms with Crippen LogP contribution in [0.3, 0.4) is 0 Å². The molecule has 10 heteroatoms. The van der Waals surface area contributed by atoms with Crippen LogP contribution in [0.1, 0.15) is 56.1 Å². The molecule has 248 valence electrons. The number of nitrogens with one attached hydrogen (secondary N) is 1. The number of aliphatic hydroxyl groups is 2. The summed E-state index contributed by atoms with van der Waals surface area (Å²) in [5, 5.41) is 24.9. The fourth-order valence-electron chi connectivity index (χ4n) is 9.64. The molecule has 7 rings (SSSR count). The van der Waals surface area contributed by atoms with Crippen molar-refractivity contribution in [2.24, 2.45) is 22.7 Å². The maximum absolute atomic E-state index is 17.6. The summed E-state index contributed by atoms with van der Waals surface area (Å²) in [6.45, 7) is 2.47. The molecule has 47 heavy (non-hydrogen) atoms. The van der Waals surface area contributed by atoms with E-state index in [1.54, 1.807) is 21.1 Å². The topological polar surface area (TPSA) is 114 Å². The Morgan fingerprint density at radius 1 is 1.17 bits per heavy atom. The van der Waals surface area contributed by atoms with E-state index in [2.05, 4.69) is 17.4 Å². The van der Waals surface area contributed by atoms with Gasteiger partial charge in [0.2, 0.25) is 0 Å². The van der Waals surface area contributed by atoms with Gasteiger partial charge >= 0.3 is 0 Å². The van der Waals surface area contributed by atoms with Gasteiger partial charge in [0.1, 0.15) is 18.5 Å². The number of ether oxygens (including phenoxy) is 3. The molecule has 0 radical (unpaired) electrons. The molecule has 2 aromatic carbocycles. The molecular formula is C37H39F2NO7. The monoisotopic (exact) mass is 647 g/mol. The molecule has 0 unspecified atom stereocenters. The predicted octanol–water partition coefficient (Wildman–Crippen LogP) is 4.57. The Bertz CT molecular complexity index is 1680. The fraction of sp³-hybridized carbons (Fsp3) is 0.514. The van der Waals surface area contributed by atoms with Crippen LogP contribution in [0.2, 0.25) is 0 Å². The number of methoxy groups -OCH3 is 1. The number of carbonyl (C=O) groups excluding carboxylic acids is 2. The lowest BCUT2D eigenvalue weighted by molar-refractivity contribution is -0.235. The Balaban J connectivity index is 1.18. The Morgan fingerprint density at radius 2 is 1.91 bits per heavy atom. The first-order valence-electron chi connectivity index (χ1n) is 16.1. The van der Waals surface area contributed by atoms with E-state index in [0.717, 1.165) is 17.2 Å². The molecule has 10 atom stereocenters. The SMILES string of the molecule is CNc1c#cc(Cc2ccc([C@@H]3O[C@@H]4C[C@H]5[C@@H]6C[C@H](F)C7=CC(=O)C=C[C@]7(C)[C@@]6(F)[C@@H](O)C[C@]5(C)[C@]4(C(=O)CO)O3)cc2)cc1OC. The normalized spacial score (nSPS) is 40.0. The van der Waals surface area contributed by atoms with Gasteiger partial charge in [-0.15, -0.1) is 0 Å². The third-order valence-electron chi connectivity index (χ3n) is 11.9. The number of hydrogen-bond acceptors (Lipinski definition) is 8. The molecular weight excluding hydrogens is 608 g/mol. The number of fused-ring (bicyclic) bond motifs is 7. The summed E-state index contributed by atoms with van der Waals surface area (Å²) in [5.74, 6) is -1.98. The highest BCUT2D eigenvalue weighted by Crippen LogP contribution is 2.72. The molecule has 8 nitrogen and oxygen atoms in total. The molecule has 1 heterocycles. The third-order valence-corrected chi connectivity index (χ3v) is 11.9. The van der Waals surface area contributed by atoms with E-state index >= 15 is 8.78 Å². The first kappa shape index (κ1) is 32.0. The molecule has 2 aromatic rings. The van der Waals surface area contributed by atoms with Crippen LogP contribution >= 0.6 is 0 Å². The average molecular weight is 648 g/mol. The highest BCUT2D eigenvalue weighted by molar-refractivity contribution is 6.01. The van der Waals surface area contributed by atoms with Gasteiger partial charge in [0.05, 0.1) is 19.3 Å². The Kier molecular flexibility index (Phi) is 7.45. The van der Waals surface area contributed by atoms with Crippen LogP contribution < -0.4 is 10.1 Å². The van der Waals surface area contributed by atoms with Gasteiger partial charge in [-0.05, 0) is 67.5 Å². The maximum atomic E-state index is 17.6. The minimum Gasteiger partial charge on any atom is -0.494 e. The second-order valence-corrected chi connectivity index (χ2v) is 14.0. The highest BCUT2D eigenvalue weighted by Gasteiger charge is 2.80. The number of carbonyl (C=O) groups is 2. The second-order valence-electron chi connectivity index (χ2n) is 14.0. The van der Waals surface area contributed by atoms with E-state index < -0.39 is 76.8 Å². The summed E-state index contributed by atoms with van der Waals surface area (Å²) in [6, 6.07) is 15.6. The van der Waals surface area contributed by atoms with Crippen LogP contribution in [0.25, 0.3) is 0 Å². The number of aliphatic hydroxyl groups excluding tert-OH is 2. The Hall–Kier alpha value is -3.62. The molecule has 0 amide bonds. The lowest BCUT2D eigenvalue weighted by Crippen LogP contribution is -2.70. The van der Waals surface area contributed by atoms with Crippen molar-refractivity contribution in [3.8, 4) is 5.75 Å². The molecule has 0 spiro atoms. The summed E-state index contributed by atoms with van der Waals surface area (Å²) in [7, 11) is 3.38. The van der Waals surface area contributed by atoms with Gasteiger partial charge in [-0.25, -0.2) is 8.78 Å². The zero-order valence-electron chi connectivity index (χ0n) is 26.8. The molecule has 3 N–H and O–H groups in total. The lowest BCUT2D eigenvalue weighted by Gasteiger charge is -2.63. The van der Waals surface area contributed by atoms with Crippen LogP contribution in [-0.2, 0) is 25.5 Å². The van der Waals surface area contributed by atoms with Crippen LogP contribution in [0, 0.1) is 34.8 Å². The summed E-state index contributed by atoms with van der Waals surface area (Å²) in [4.78, 5) is 25.9. The molecule has 5 aliphatic rings. The van der Waals surface area contributed by atoms with Crippen molar-refractivity contribution in [1.29, 1.82) is 0 Å². The zero-order valence-corrected chi connectivity index (χ0v) is 26.8. The summed E-state index contributed by atoms with van der Waals surface area (Å²) < 4.78 is 51.9. The number of alkyl halides is 2. The standard InChI is InChI=1S/C37H39F2NO7/c1-34-12-11-23(42)15-26(34)27(38)16-25-24-17-32-37(31(44)19-41,35(24,2)18-30(43)36(25,34)39)47-33(46-32)22-8-5-20(6-9-22)13-21-7-10-28(40-3)29(14-21)45-4/h5-6,8-9,11-12,14-15,24-25,27,30,32-33,40-41,43H,13,16-19H2,1-4H3/t24-,25-,27-,30-,32+,33+,34-,35-,36-,37+/m0/s1. The number of rotatable bonds is 7. The highest BCUT2D eigenvalue weighted by atomic mass is 19.1. The molecule has 0 aromatic heterocycles. The minimum absolute atomic E-state index is 0.0342. The summed E-state index contributed by atoms with van der Waals surface area (Å²) in [5.41, 5.74) is -3.44. The molecule has 1 aliphatic heterocycles. The molecule has 4 fully saturated rings. The Morgan fingerprint density at radius 3 is 2.60 bits per heavy atom. The number of allylic oxidation sites excluding steroid dienone is 4. The van der Waals surface area contributed by atoms with Gasteiger partial charge < -0.3 is 29.7 Å². The van der Waals surface area contributed by atoms with Gasteiger partial charge in [-0.2, -0.15) is 0 Å². The number of benzene rings is 1. The minimum atomic E-state index is -2.30. The number of hydrogen-bond donors (Lipinski definition) is 3. The van der Waals surface area contributed by atoms with Gasteiger partial charge in [-0.3, -0.25) is 9.59 Å². The van der Waals surface area contributed by atoms with Crippen molar-refractivity contribution < 1.29 is 42.8 Å². The van der Waals surface area contributed by atoms with Crippen molar-refractivity contribution in [1.82, 2.24) is 0 Å². The smallest absolute Gasteiger partial charge is 0.193 e. The lowest BCUT2D eigenvalue weighted by atomic mass is 9.44. The average Bonchev–Trinajstić information content (AvgIpc) is 3.56. The van der Waals surface area contributed by atoms with E-state index in [1.807, 2.05) is 30.3 Å². The van der Waals surface area contributed by atoms with E-state index in [4.69, 9.17) is 14.2 Å². The van der Waals surface area contributed by atoms with E-state index in [9.17, 15) is 19.8 Å². The van der Waals surface area contributed by atoms with Crippen molar-refractivity contribution in [3.05, 3.63) is 83.0 Å². The van der Waals surface area contributed by atoms with Crippen LogP contribution in [0.15, 0.2) is 54.1 Å². The van der Waals surface area contributed by atoms with Gasteiger partial charge in [0.25, 0.3) is 0 Å². The second kappa shape index (κ2) is 11.0. The first-order valence-corrected chi connectivity index (χ1v) is 16.1. The first-order chi connectivity index (χ1) is 22.4. The van der Waals surface area contributed by atoms with Crippen molar-refractivity contribution in [3.63, 3.8) is 0 Å². The molecule has 0 bridgehead atoms. The van der Waals surface area contributed by atoms with E-state index in [0.29, 0.717) is 23.4 Å². The Labute approximate surface area is 272 Å². The van der Waals surface area contributed by atoms with Crippen molar-refractivity contribution in [2.75, 3.05) is 26.1 Å². The van der Waals surface area contributed by atoms with Crippen molar-refractivity contribution >= 4 is 17.3 Å². The number of halogens is 2. The number of anilines is 1. The maximum Gasteiger partial charge on any atom is 0.193 e. The van der Waals surface area contributed by atoms with Crippen LogP contribution in [0.5, 0.6) is 5.75 Å². The predicted molar refractivity (Wildman–Crippen MR) is 167 cm³/mol.